The van der Waals surface area contributed by atoms with E-state index in [0.29, 0.717) is 0 Å². The van der Waals surface area contributed by atoms with E-state index in [2.05, 4.69) is 29.5 Å². The highest BCUT2D eigenvalue weighted by Gasteiger charge is 2.33. The fraction of sp³-hybridized carbons (Fsp3) is 0.857. The van der Waals surface area contributed by atoms with Crippen LogP contribution in [0.25, 0.3) is 0 Å². The number of carbonyl (C=O) groups excluding carboxylic acids is 1. The third-order valence-electron chi connectivity index (χ3n) is 4.14. The summed E-state index contributed by atoms with van der Waals surface area (Å²) in [6.45, 7) is 5.81. The van der Waals surface area contributed by atoms with Crippen molar-refractivity contribution < 1.29 is 9.90 Å². The molecule has 4 atom stereocenters. The van der Waals surface area contributed by atoms with Crippen molar-refractivity contribution in [3.8, 4) is 0 Å². The van der Waals surface area contributed by atoms with Gasteiger partial charge in [-0.25, -0.2) is 0 Å². The predicted octanol–water partition coefficient (Wildman–Crippen LogP) is 0.776. The zero-order valence-corrected chi connectivity index (χ0v) is 13.1. The van der Waals surface area contributed by atoms with E-state index in [0.717, 1.165) is 43.1 Å². The Labute approximate surface area is 125 Å². The minimum Gasteiger partial charge on any atom is -0.384 e. The maximum atomic E-state index is 12.3. The molecular formula is C14H25N3O2S. The summed E-state index contributed by atoms with van der Waals surface area (Å²) >= 11 is 1.60. The van der Waals surface area contributed by atoms with E-state index in [1.165, 1.54) is 0 Å². The molecule has 0 aromatic rings. The monoisotopic (exact) mass is 299 g/mol. The number of nitrogens with one attached hydrogen (secondary N) is 2. The molecule has 0 aliphatic carbocycles. The zero-order chi connectivity index (χ0) is 14.5. The minimum absolute atomic E-state index is 0.00967. The highest BCUT2D eigenvalue weighted by molar-refractivity contribution is 8.14. The first-order valence-corrected chi connectivity index (χ1v) is 8.51. The first kappa shape index (κ1) is 15.8. The molecule has 6 heteroatoms. The second-order valence-corrected chi connectivity index (χ2v) is 6.70. The van der Waals surface area contributed by atoms with Crippen LogP contribution in [0.3, 0.4) is 0 Å². The van der Waals surface area contributed by atoms with Crippen LogP contribution in [-0.4, -0.2) is 53.1 Å². The Morgan fingerprint density at radius 1 is 1.65 bits per heavy atom. The second-order valence-electron chi connectivity index (χ2n) is 5.58. The fourth-order valence-corrected chi connectivity index (χ4v) is 3.54. The number of carbonyl (C=O) groups is 1. The summed E-state index contributed by atoms with van der Waals surface area (Å²) in [6, 6.07) is -0.355. The van der Waals surface area contributed by atoms with Gasteiger partial charge >= 0.3 is 0 Å². The van der Waals surface area contributed by atoms with E-state index in [1.807, 2.05) is 0 Å². The summed E-state index contributed by atoms with van der Waals surface area (Å²) in [6.07, 6.45) is 2.16. The molecule has 1 saturated heterocycles. The van der Waals surface area contributed by atoms with Crippen LogP contribution in [0.5, 0.6) is 0 Å². The van der Waals surface area contributed by atoms with Crippen molar-refractivity contribution >= 4 is 22.7 Å². The van der Waals surface area contributed by atoms with Gasteiger partial charge in [0.25, 0.3) is 0 Å². The van der Waals surface area contributed by atoms with Crippen LogP contribution in [-0.2, 0) is 4.79 Å². The summed E-state index contributed by atoms with van der Waals surface area (Å²) in [4.78, 5) is 16.6. The molecule has 2 aliphatic rings. The van der Waals surface area contributed by atoms with Crippen molar-refractivity contribution in [3.63, 3.8) is 0 Å². The Kier molecular flexibility index (Phi) is 5.86. The molecule has 3 N–H and O–H groups in total. The number of nitrogens with zero attached hydrogens (tertiary/aromatic N) is 1. The number of thioether (sulfide) groups is 1. The number of aliphatic imine (C=N–C) groups is 1. The molecule has 0 aromatic heterocycles. The van der Waals surface area contributed by atoms with Crippen molar-refractivity contribution in [3.05, 3.63) is 0 Å². The maximum Gasteiger partial charge on any atom is 0.237 e. The lowest BCUT2D eigenvalue weighted by Crippen LogP contribution is -2.53. The van der Waals surface area contributed by atoms with Gasteiger partial charge in [-0.3, -0.25) is 9.79 Å². The number of aliphatic hydroxyl groups is 1. The zero-order valence-electron chi connectivity index (χ0n) is 12.3. The summed E-state index contributed by atoms with van der Waals surface area (Å²) in [5, 5.41) is 17.5. The highest BCUT2D eigenvalue weighted by atomic mass is 32.2. The van der Waals surface area contributed by atoms with Crippen LogP contribution in [0.2, 0.25) is 0 Å². The van der Waals surface area contributed by atoms with Gasteiger partial charge in [-0.1, -0.05) is 20.3 Å². The van der Waals surface area contributed by atoms with Gasteiger partial charge < -0.3 is 15.7 Å². The number of amides is 1. The van der Waals surface area contributed by atoms with Gasteiger partial charge in [0, 0.05) is 12.3 Å². The second kappa shape index (κ2) is 7.43. The predicted molar refractivity (Wildman–Crippen MR) is 83.2 cm³/mol. The van der Waals surface area contributed by atoms with Crippen molar-refractivity contribution in [2.45, 2.75) is 51.3 Å². The van der Waals surface area contributed by atoms with E-state index >= 15 is 0 Å². The molecule has 0 aromatic carbocycles. The largest absolute Gasteiger partial charge is 0.384 e. The lowest BCUT2D eigenvalue weighted by molar-refractivity contribution is -0.124. The topological polar surface area (TPSA) is 73.7 Å². The van der Waals surface area contributed by atoms with Gasteiger partial charge in [0.05, 0.1) is 17.1 Å². The number of hydrogen-bond donors (Lipinski definition) is 3. The highest BCUT2D eigenvalue weighted by Crippen LogP contribution is 2.21. The molecule has 20 heavy (non-hydrogen) atoms. The molecule has 2 heterocycles. The molecule has 5 nitrogen and oxygen atoms in total. The summed E-state index contributed by atoms with van der Waals surface area (Å²) in [5.41, 5.74) is 0. The van der Waals surface area contributed by atoms with E-state index in [-0.39, 0.29) is 23.9 Å². The van der Waals surface area contributed by atoms with E-state index in [9.17, 15) is 9.90 Å². The smallest absolute Gasteiger partial charge is 0.237 e. The Balaban J connectivity index is 2.00. The van der Waals surface area contributed by atoms with E-state index < -0.39 is 6.10 Å². The van der Waals surface area contributed by atoms with Crippen molar-refractivity contribution in [1.82, 2.24) is 10.6 Å². The van der Waals surface area contributed by atoms with E-state index in [4.69, 9.17) is 0 Å². The third-order valence-corrected chi connectivity index (χ3v) is 5.20. The molecule has 0 saturated carbocycles. The Bertz CT molecular complexity index is 369. The minimum atomic E-state index is -0.678. The Morgan fingerprint density at radius 3 is 3.00 bits per heavy atom. The summed E-state index contributed by atoms with van der Waals surface area (Å²) < 4.78 is 0. The van der Waals surface area contributed by atoms with E-state index in [1.54, 1.807) is 11.8 Å². The van der Waals surface area contributed by atoms with Crippen molar-refractivity contribution in [1.29, 1.82) is 0 Å². The Hall–Kier alpha value is -0.590. The van der Waals surface area contributed by atoms with Gasteiger partial charge in [0.15, 0.2) is 0 Å². The first-order chi connectivity index (χ1) is 9.63. The molecule has 1 amide bonds. The normalized spacial score (nSPS) is 26.9. The lowest BCUT2D eigenvalue weighted by Gasteiger charge is -2.30. The molecule has 2 rings (SSSR count). The fourth-order valence-electron chi connectivity index (χ4n) is 2.64. The van der Waals surface area contributed by atoms with Crippen molar-refractivity contribution in [2.75, 3.05) is 18.8 Å². The van der Waals surface area contributed by atoms with Crippen molar-refractivity contribution in [2.24, 2.45) is 10.9 Å². The molecule has 0 spiro atoms. The molecule has 0 radical (unpaired) electrons. The molecule has 0 bridgehead atoms. The lowest BCUT2D eigenvalue weighted by atomic mass is 9.94. The van der Waals surface area contributed by atoms with Crippen LogP contribution >= 0.6 is 11.8 Å². The van der Waals surface area contributed by atoms with Gasteiger partial charge in [0.2, 0.25) is 5.91 Å². The Morgan fingerprint density at radius 2 is 2.45 bits per heavy atom. The number of aliphatic hydroxyl groups excluding tert-OH is 1. The van der Waals surface area contributed by atoms with Crippen LogP contribution in [0, 0.1) is 5.92 Å². The van der Waals surface area contributed by atoms with Gasteiger partial charge in [-0.2, -0.15) is 0 Å². The number of rotatable bonds is 6. The van der Waals surface area contributed by atoms with Crippen LogP contribution in [0.1, 0.15) is 33.1 Å². The number of hydrogen-bond acceptors (Lipinski definition) is 5. The molecule has 114 valence electrons. The molecule has 1 unspecified atom stereocenters. The average Bonchev–Trinajstić information content (AvgIpc) is 3.15. The first-order valence-electron chi connectivity index (χ1n) is 7.52. The summed E-state index contributed by atoms with van der Waals surface area (Å²) in [5.74, 6) is 1.16. The standard InChI is InChI=1S/C14H25N3O2S/c1-3-9(2)11(12(18)14-16-7-8-20-14)17-13(19)10-5-4-6-15-10/h9-12,15,18H,3-8H2,1-2H3,(H,17,19)/t9-,10-,11-,12?/m0/s1. The SMILES string of the molecule is CC[C@H](C)[C@H](NC(=O)[C@@H]1CCCN1)C(O)C1=NCCS1. The van der Waals surface area contributed by atoms with Gasteiger partial charge in [-0.15, -0.1) is 11.8 Å². The molecule has 1 fully saturated rings. The van der Waals surface area contributed by atoms with Gasteiger partial charge in [0.1, 0.15) is 6.10 Å². The van der Waals surface area contributed by atoms with Crippen LogP contribution in [0.15, 0.2) is 4.99 Å². The molecular weight excluding hydrogens is 274 g/mol. The maximum absolute atomic E-state index is 12.3. The average molecular weight is 299 g/mol. The van der Waals surface area contributed by atoms with Crippen LogP contribution < -0.4 is 10.6 Å². The summed E-state index contributed by atoms with van der Waals surface area (Å²) in [7, 11) is 0. The quantitative estimate of drug-likeness (QED) is 0.677. The molecule has 2 aliphatic heterocycles. The van der Waals surface area contributed by atoms with Gasteiger partial charge in [-0.05, 0) is 25.3 Å². The third kappa shape index (κ3) is 3.74. The van der Waals surface area contributed by atoms with Crippen LogP contribution in [0.4, 0.5) is 0 Å².